The second-order valence-electron chi connectivity index (χ2n) is 5.34. The molecule has 1 aromatic carbocycles. The zero-order valence-electron chi connectivity index (χ0n) is 13.3. The zero-order chi connectivity index (χ0) is 15.5. The summed E-state index contributed by atoms with van der Waals surface area (Å²) >= 11 is 0. The van der Waals surface area contributed by atoms with Gasteiger partial charge in [-0.1, -0.05) is 50.6 Å². The Morgan fingerprint density at radius 1 is 1.29 bits per heavy atom. The van der Waals surface area contributed by atoms with E-state index in [2.05, 4.69) is 12.2 Å². The van der Waals surface area contributed by atoms with Crippen molar-refractivity contribution in [1.29, 1.82) is 0 Å². The van der Waals surface area contributed by atoms with Gasteiger partial charge in [0.25, 0.3) is 0 Å². The second-order valence-corrected chi connectivity index (χ2v) is 5.34. The lowest BCUT2D eigenvalue weighted by Gasteiger charge is -2.19. The van der Waals surface area contributed by atoms with Gasteiger partial charge < -0.3 is 14.8 Å². The molecule has 21 heavy (non-hydrogen) atoms. The van der Waals surface area contributed by atoms with E-state index in [1.807, 2.05) is 37.3 Å². The normalized spacial score (nSPS) is 13.7. The van der Waals surface area contributed by atoms with Crippen molar-refractivity contribution in [2.24, 2.45) is 5.92 Å². The molecular weight excluding hydrogens is 266 g/mol. The van der Waals surface area contributed by atoms with Gasteiger partial charge in [-0.05, 0) is 12.0 Å². The minimum atomic E-state index is -0.168. The molecule has 0 amide bonds. The number of methoxy groups -OCH3 is 1. The molecular formula is C17H27NO3. The molecule has 0 aromatic heterocycles. The number of hydrogen-bond donors (Lipinski definition) is 1. The molecule has 0 saturated heterocycles. The summed E-state index contributed by atoms with van der Waals surface area (Å²) in [5.41, 5.74) is 1.01. The van der Waals surface area contributed by atoms with E-state index in [1.165, 1.54) is 0 Å². The minimum Gasteiger partial charge on any atom is -0.461 e. The Kier molecular flexibility index (Phi) is 8.71. The Morgan fingerprint density at radius 3 is 2.62 bits per heavy atom. The summed E-state index contributed by atoms with van der Waals surface area (Å²) in [5, 5.41) is 3.37. The van der Waals surface area contributed by atoms with Gasteiger partial charge in [-0.2, -0.15) is 0 Å². The van der Waals surface area contributed by atoms with Crippen LogP contribution in [0.5, 0.6) is 0 Å². The first-order valence-electron chi connectivity index (χ1n) is 7.60. The summed E-state index contributed by atoms with van der Waals surface area (Å²) < 4.78 is 10.5. The predicted molar refractivity (Wildman–Crippen MR) is 84.0 cm³/mol. The SMILES string of the molecule is CCCC(COC)NCC(C)C(=O)OCc1ccccc1. The first kappa shape index (κ1) is 17.7. The van der Waals surface area contributed by atoms with E-state index in [9.17, 15) is 4.79 Å². The predicted octanol–water partition coefficient (Wildman–Crippen LogP) is 2.77. The summed E-state index contributed by atoms with van der Waals surface area (Å²) in [5.74, 6) is -0.330. The number of carbonyl (C=O) groups is 1. The van der Waals surface area contributed by atoms with Gasteiger partial charge in [0.2, 0.25) is 0 Å². The number of carbonyl (C=O) groups excluding carboxylic acids is 1. The maximum atomic E-state index is 12.0. The summed E-state index contributed by atoms with van der Waals surface area (Å²) in [6.07, 6.45) is 2.13. The maximum Gasteiger partial charge on any atom is 0.310 e. The zero-order valence-corrected chi connectivity index (χ0v) is 13.3. The van der Waals surface area contributed by atoms with E-state index in [4.69, 9.17) is 9.47 Å². The number of rotatable bonds is 10. The molecule has 0 bridgehead atoms. The van der Waals surface area contributed by atoms with Crippen molar-refractivity contribution in [2.45, 2.75) is 39.3 Å². The Labute approximate surface area is 127 Å². The van der Waals surface area contributed by atoms with Crippen LogP contribution in [0.4, 0.5) is 0 Å². The van der Waals surface area contributed by atoms with Gasteiger partial charge in [0, 0.05) is 19.7 Å². The van der Waals surface area contributed by atoms with Gasteiger partial charge in [-0.3, -0.25) is 4.79 Å². The standard InChI is InChI=1S/C17H27NO3/c1-4-8-16(13-20-3)18-11-14(2)17(19)21-12-15-9-6-5-7-10-15/h5-7,9-10,14,16,18H,4,8,11-13H2,1-3H3. The number of hydrogen-bond acceptors (Lipinski definition) is 4. The van der Waals surface area contributed by atoms with E-state index < -0.39 is 0 Å². The Hall–Kier alpha value is -1.39. The molecule has 0 heterocycles. The first-order valence-corrected chi connectivity index (χ1v) is 7.60. The average molecular weight is 293 g/mol. The first-order chi connectivity index (χ1) is 10.2. The molecule has 1 rings (SSSR count). The summed E-state index contributed by atoms with van der Waals surface area (Å²) in [4.78, 5) is 12.0. The van der Waals surface area contributed by atoms with Crippen molar-refractivity contribution in [1.82, 2.24) is 5.32 Å². The van der Waals surface area contributed by atoms with Crippen LogP contribution in [-0.4, -0.2) is 32.3 Å². The highest BCUT2D eigenvalue weighted by Gasteiger charge is 2.16. The molecule has 0 radical (unpaired) electrons. The van der Waals surface area contributed by atoms with Crippen molar-refractivity contribution in [3.05, 3.63) is 35.9 Å². The lowest BCUT2D eigenvalue weighted by molar-refractivity contribution is -0.149. The molecule has 118 valence electrons. The van der Waals surface area contributed by atoms with Crippen LogP contribution >= 0.6 is 0 Å². The van der Waals surface area contributed by atoms with Crippen LogP contribution in [0.25, 0.3) is 0 Å². The van der Waals surface area contributed by atoms with Crippen molar-refractivity contribution in [2.75, 3.05) is 20.3 Å². The summed E-state index contributed by atoms with van der Waals surface area (Å²) in [6.45, 7) is 5.64. The molecule has 2 unspecified atom stereocenters. The fraction of sp³-hybridized carbons (Fsp3) is 0.588. The van der Waals surface area contributed by atoms with Crippen LogP contribution in [0.2, 0.25) is 0 Å². The van der Waals surface area contributed by atoms with Crippen LogP contribution in [0, 0.1) is 5.92 Å². The van der Waals surface area contributed by atoms with Gasteiger partial charge in [0.1, 0.15) is 6.61 Å². The molecule has 0 saturated carbocycles. The number of ether oxygens (including phenoxy) is 2. The monoisotopic (exact) mass is 293 g/mol. The summed E-state index contributed by atoms with van der Waals surface area (Å²) in [7, 11) is 1.70. The molecule has 4 nitrogen and oxygen atoms in total. The molecule has 0 aliphatic rings. The third-order valence-corrected chi connectivity index (χ3v) is 3.34. The van der Waals surface area contributed by atoms with Crippen LogP contribution in [0.15, 0.2) is 30.3 Å². The average Bonchev–Trinajstić information content (AvgIpc) is 2.51. The van der Waals surface area contributed by atoms with E-state index in [-0.39, 0.29) is 11.9 Å². The van der Waals surface area contributed by atoms with E-state index >= 15 is 0 Å². The van der Waals surface area contributed by atoms with E-state index in [0.29, 0.717) is 25.8 Å². The third-order valence-electron chi connectivity index (χ3n) is 3.34. The number of esters is 1. The van der Waals surface area contributed by atoms with Crippen molar-refractivity contribution in [3.63, 3.8) is 0 Å². The maximum absolute atomic E-state index is 12.0. The Balaban J connectivity index is 2.30. The highest BCUT2D eigenvalue weighted by molar-refractivity contribution is 5.72. The molecule has 0 aliphatic heterocycles. The van der Waals surface area contributed by atoms with Gasteiger partial charge in [0.15, 0.2) is 0 Å². The van der Waals surface area contributed by atoms with Crippen molar-refractivity contribution < 1.29 is 14.3 Å². The smallest absolute Gasteiger partial charge is 0.310 e. The topological polar surface area (TPSA) is 47.6 Å². The number of nitrogens with one attached hydrogen (secondary N) is 1. The molecule has 1 N–H and O–H groups in total. The van der Waals surface area contributed by atoms with E-state index in [1.54, 1.807) is 7.11 Å². The van der Waals surface area contributed by atoms with Gasteiger partial charge in [0.05, 0.1) is 12.5 Å². The highest BCUT2D eigenvalue weighted by atomic mass is 16.5. The van der Waals surface area contributed by atoms with Crippen LogP contribution in [0.1, 0.15) is 32.3 Å². The second kappa shape index (κ2) is 10.4. The van der Waals surface area contributed by atoms with Gasteiger partial charge in [-0.25, -0.2) is 0 Å². The quantitative estimate of drug-likeness (QED) is 0.674. The fourth-order valence-corrected chi connectivity index (χ4v) is 2.09. The Bertz CT molecular complexity index is 388. The minimum absolute atomic E-state index is 0.162. The molecule has 0 fully saturated rings. The lowest BCUT2D eigenvalue weighted by Crippen LogP contribution is -2.38. The van der Waals surface area contributed by atoms with Gasteiger partial charge in [-0.15, -0.1) is 0 Å². The van der Waals surface area contributed by atoms with Crippen molar-refractivity contribution in [3.8, 4) is 0 Å². The van der Waals surface area contributed by atoms with Crippen molar-refractivity contribution >= 4 is 5.97 Å². The van der Waals surface area contributed by atoms with Crippen LogP contribution in [-0.2, 0) is 20.9 Å². The van der Waals surface area contributed by atoms with Crippen LogP contribution in [0.3, 0.4) is 0 Å². The summed E-state index contributed by atoms with van der Waals surface area (Å²) in [6, 6.07) is 10.0. The highest BCUT2D eigenvalue weighted by Crippen LogP contribution is 2.05. The van der Waals surface area contributed by atoms with E-state index in [0.717, 1.165) is 18.4 Å². The fourth-order valence-electron chi connectivity index (χ4n) is 2.09. The lowest BCUT2D eigenvalue weighted by atomic mass is 10.1. The third kappa shape index (κ3) is 7.25. The molecule has 0 aliphatic carbocycles. The largest absolute Gasteiger partial charge is 0.461 e. The molecule has 2 atom stereocenters. The molecule has 0 spiro atoms. The molecule has 4 heteroatoms. The molecule has 1 aromatic rings. The van der Waals surface area contributed by atoms with Gasteiger partial charge >= 0.3 is 5.97 Å². The Morgan fingerprint density at radius 2 is 2.00 bits per heavy atom. The number of benzene rings is 1. The van der Waals surface area contributed by atoms with Crippen LogP contribution < -0.4 is 5.32 Å².